The molecule has 1 fully saturated rings. The molecular weight excluding hydrogens is 204 g/mol. The van der Waals surface area contributed by atoms with Crippen LogP contribution in [-0.4, -0.2) is 22.5 Å². The summed E-state index contributed by atoms with van der Waals surface area (Å²) in [5.41, 5.74) is 0.474. The zero-order valence-electron chi connectivity index (χ0n) is 9.66. The number of hydrogen-bond acceptors (Lipinski definition) is 3. The lowest BCUT2D eigenvalue weighted by Gasteiger charge is -2.19. The molecule has 0 aliphatic heterocycles. The van der Waals surface area contributed by atoms with Crippen molar-refractivity contribution >= 4 is 5.97 Å². The van der Waals surface area contributed by atoms with E-state index in [0.29, 0.717) is 18.2 Å². The first kappa shape index (κ1) is 11.2. The van der Waals surface area contributed by atoms with Crippen LogP contribution in [0.2, 0.25) is 0 Å². The molecule has 1 heterocycles. The third kappa shape index (κ3) is 2.43. The van der Waals surface area contributed by atoms with Crippen LogP contribution in [0.5, 0.6) is 0 Å². The molecular formula is C12H18N2O2. The molecule has 0 saturated heterocycles. The van der Waals surface area contributed by atoms with E-state index in [1.807, 2.05) is 0 Å². The van der Waals surface area contributed by atoms with Gasteiger partial charge >= 0.3 is 5.97 Å². The van der Waals surface area contributed by atoms with Crippen molar-refractivity contribution in [2.24, 2.45) is 0 Å². The molecule has 0 aromatic carbocycles. The van der Waals surface area contributed by atoms with Crippen LogP contribution in [0.3, 0.4) is 0 Å². The second-order valence-corrected chi connectivity index (χ2v) is 4.24. The zero-order chi connectivity index (χ0) is 11.4. The largest absolute Gasteiger partial charge is 0.461 e. The SMILES string of the molecule is CCOC(=O)c1cnc(C2CCCCC2)[nH]1. The first-order chi connectivity index (χ1) is 7.81. The fourth-order valence-corrected chi connectivity index (χ4v) is 2.23. The Bertz CT molecular complexity index is 354. The van der Waals surface area contributed by atoms with Gasteiger partial charge in [0.05, 0.1) is 12.8 Å². The molecule has 16 heavy (non-hydrogen) atoms. The van der Waals surface area contributed by atoms with Crippen LogP contribution < -0.4 is 0 Å². The van der Waals surface area contributed by atoms with Crippen LogP contribution >= 0.6 is 0 Å². The third-order valence-corrected chi connectivity index (χ3v) is 3.08. The topological polar surface area (TPSA) is 55.0 Å². The second-order valence-electron chi connectivity index (χ2n) is 4.24. The second kappa shape index (κ2) is 5.14. The fraction of sp³-hybridized carbons (Fsp3) is 0.667. The van der Waals surface area contributed by atoms with Crippen LogP contribution in [0.4, 0.5) is 0 Å². The molecule has 0 radical (unpaired) electrons. The number of esters is 1. The van der Waals surface area contributed by atoms with E-state index in [1.165, 1.54) is 32.1 Å². The molecule has 88 valence electrons. The standard InChI is InChI=1S/C12H18N2O2/c1-2-16-12(15)10-8-13-11(14-10)9-6-4-3-5-7-9/h8-9H,2-7H2,1H3,(H,13,14). The van der Waals surface area contributed by atoms with Crippen molar-refractivity contribution in [3.63, 3.8) is 0 Å². The van der Waals surface area contributed by atoms with E-state index in [0.717, 1.165) is 5.82 Å². The smallest absolute Gasteiger partial charge is 0.356 e. The predicted octanol–water partition coefficient (Wildman–Crippen LogP) is 2.63. The molecule has 4 heteroatoms. The average Bonchev–Trinajstić information content (AvgIpc) is 2.80. The van der Waals surface area contributed by atoms with E-state index < -0.39 is 0 Å². The predicted molar refractivity (Wildman–Crippen MR) is 60.4 cm³/mol. The zero-order valence-corrected chi connectivity index (χ0v) is 9.66. The van der Waals surface area contributed by atoms with Crippen molar-refractivity contribution in [1.29, 1.82) is 0 Å². The lowest BCUT2D eigenvalue weighted by molar-refractivity contribution is 0.0520. The molecule has 1 aromatic rings. The van der Waals surface area contributed by atoms with Gasteiger partial charge in [-0.1, -0.05) is 19.3 Å². The number of aromatic nitrogens is 2. The maximum atomic E-state index is 11.4. The molecule has 4 nitrogen and oxygen atoms in total. The highest BCUT2D eigenvalue weighted by Crippen LogP contribution is 2.30. The Morgan fingerprint density at radius 1 is 1.50 bits per heavy atom. The van der Waals surface area contributed by atoms with E-state index in [4.69, 9.17) is 4.74 Å². The van der Waals surface area contributed by atoms with Crippen LogP contribution in [0.1, 0.15) is 61.3 Å². The van der Waals surface area contributed by atoms with E-state index in [-0.39, 0.29) is 5.97 Å². The Balaban J connectivity index is 2.03. The number of hydrogen-bond donors (Lipinski definition) is 1. The number of rotatable bonds is 3. The lowest BCUT2D eigenvalue weighted by atomic mass is 9.89. The molecule has 1 aliphatic carbocycles. The van der Waals surface area contributed by atoms with Crippen LogP contribution in [0.25, 0.3) is 0 Å². The average molecular weight is 222 g/mol. The fourth-order valence-electron chi connectivity index (χ4n) is 2.23. The van der Waals surface area contributed by atoms with Gasteiger partial charge in [0.15, 0.2) is 0 Å². The first-order valence-electron chi connectivity index (χ1n) is 6.03. The Kier molecular flexibility index (Phi) is 3.59. The van der Waals surface area contributed by atoms with Crippen molar-refractivity contribution in [2.45, 2.75) is 44.9 Å². The summed E-state index contributed by atoms with van der Waals surface area (Å²) in [6.07, 6.45) is 7.79. The number of H-pyrrole nitrogens is 1. The monoisotopic (exact) mass is 222 g/mol. The summed E-state index contributed by atoms with van der Waals surface area (Å²) in [6, 6.07) is 0. The van der Waals surface area contributed by atoms with Crippen molar-refractivity contribution in [3.05, 3.63) is 17.7 Å². The number of carbonyl (C=O) groups excluding carboxylic acids is 1. The Labute approximate surface area is 95.4 Å². The number of aromatic amines is 1. The van der Waals surface area contributed by atoms with Crippen LogP contribution in [0, 0.1) is 0 Å². The Morgan fingerprint density at radius 3 is 2.94 bits per heavy atom. The normalized spacial score (nSPS) is 17.3. The Morgan fingerprint density at radius 2 is 2.25 bits per heavy atom. The van der Waals surface area contributed by atoms with E-state index in [2.05, 4.69) is 9.97 Å². The first-order valence-corrected chi connectivity index (χ1v) is 6.03. The van der Waals surface area contributed by atoms with Gasteiger partial charge in [-0.2, -0.15) is 0 Å². The molecule has 0 bridgehead atoms. The van der Waals surface area contributed by atoms with Gasteiger partial charge < -0.3 is 9.72 Å². The molecule has 2 rings (SSSR count). The number of nitrogens with one attached hydrogen (secondary N) is 1. The summed E-state index contributed by atoms with van der Waals surface area (Å²) in [5, 5.41) is 0. The van der Waals surface area contributed by atoms with Gasteiger partial charge in [0.25, 0.3) is 0 Å². The maximum absolute atomic E-state index is 11.4. The van der Waals surface area contributed by atoms with Gasteiger partial charge in [-0.25, -0.2) is 9.78 Å². The quantitative estimate of drug-likeness (QED) is 0.800. The number of ether oxygens (including phenoxy) is 1. The number of imidazole rings is 1. The lowest BCUT2D eigenvalue weighted by Crippen LogP contribution is -2.08. The van der Waals surface area contributed by atoms with Crippen molar-refractivity contribution in [2.75, 3.05) is 6.61 Å². The minimum Gasteiger partial charge on any atom is -0.461 e. The molecule has 1 N–H and O–H groups in total. The van der Waals surface area contributed by atoms with Gasteiger partial charge in [-0.3, -0.25) is 0 Å². The van der Waals surface area contributed by atoms with E-state index in [1.54, 1.807) is 13.1 Å². The van der Waals surface area contributed by atoms with Gasteiger partial charge in [-0.05, 0) is 19.8 Å². The molecule has 0 unspecified atom stereocenters. The molecule has 1 saturated carbocycles. The summed E-state index contributed by atoms with van der Waals surface area (Å²) in [6.45, 7) is 2.20. The molecule has 1 aromatic heterocycles. The highest BCUT2D eigenvalue weighted by molar-refractivity contribution is 5.86. The summed E-state index contributed by atoms with van der Waals surface area (Å²) in [7, 11) is 0. The van der Waals surface area contributed by atoms with Gasteiger partial charge in [-0.15, -0.1) is 0 Å². The maximum Gasteiger partial charge on any atom is 0.356 e. The minimum absolute atomic E-state index is 0.308. The van der Waals surface area contributed by atoms with Crippen LogP contribution in [-0.2, 0) is 4.74 Å². The van der Waals surface area contributed by atoms with Crippen molar-refractivity contribution < 1.29 is 9.53 Å². The number of nitrogens with zero attached hydrogens (tertiary/aromatic N) is 1. The van der Waals surface area contributed by atoms with Crippen LogP contribution in [0.15, 0.2) is 6.20 Å². The summed E-state index contributed by atoms with van der Waals surface area (Å²) in [5.74, 6) is 1.14. The van der Waals surface area contributed by atoms with Crippen molar-refractivity contribution in [3.8, 4) is 0 Å². The highest BCUT2D eigenvalue weighted by Gasteiger charge is 2.19. The Hall–Kier alpha value is -1.32. The van der Waals surface area contributed by atoms with Gasteiger partial charge in [0.2, 0.25) is 0 Å². The van der Waals surface area contributed by atoms with E-state index in [9.17, 15) is 4.79 Å². The molecule has 0 spiro atoms. The van der Waals surface area contributed by atoms with E-state index >= 15 is 0 Å². The highest BCUT2D eigenvalue weighted by atomic mass is 16.5. The summed E-state index contributed by atoms with van der Waals surface area (Å²) in [4.78, 5) is 18.8. The molecule has 0 atom stereocenters. The molecule has 1 aliphatic rings. The minimum atomic E-state index is -0.308. The van der Waals surface area contributed by atoms with Gasteiger partial charge in [0.1, 0.15) is 11.5 Å². The van der Waals surface area contributed by atoms with Crippen molar-refractivity contribution in [1.82, 2.24) is 9.97 Å². The van der Waals surface area contributed by atoms with Gasteiger partial charge in [0, 0.05) is 5.92 Å². The number of carbonyl (C=O) groups is 1. The summed E-state index contributed by atoms with van der Waals surface area (Å²) >= 11 is 0. The molecule has 0 amide bonds. The summed E-state index contributed by atoms with van der Waals surface area (Å²) < 4.78 is 4.92. The third-order valence-electron chi connectivity index (χ3n) is 3.08.